The van der Waals surface area contributed by atoms with Crippen molar-refractivity contribution < 1.29 is 14.7 Å². The molecule has 0 heterocycles. The molecule has 1 amide bonds. The predicted octanol–water partition coefficient (Wildman–Crippen LogP) is 1.49. The summed E-state index contributed by atoms with van der Waals surface area (Å²) in [6, 6.07) is 6.85. The number of amides is 1. The molecule has 0 bridgehead atoms. The summed E-state index contributed by atoms with van der Waals surface area (Å²) in [5.41, 5.74) is 5.76. The zero-order valence-electron chi connectivity index (χ0n) is 7.81. The van der Waals surface area contributed by atoms with Crippen LogP contribution in [0.1, 0.15) is 17.9 Å². The van der Waals surface area contributed by atoms with Crippen LogP contribution in [0.3, 0.4) is 0 Å². The van der Waals surface area contributed by atoms with Crippen LogP contribution in [0.2, 0.25) is 0 Å². The Hall–Kier alpha value is -1.36. The van der Waals surface area contributed by atoms with Crippen molar-refractivity contribution in [3.05, 3.63) is 34.3 Å². The lowest BCUT2D eigenvalue weighted by molar-refractivity contribution is -0.139. The van der Waals surface area contributed by atoms with E-state index in [1.165, 1.54) is 0 Å². The molecule has 0 aliphatic rings. The van der Waals surface area contributed by atoms with E-state index < -0.39 is 17.8 Å². The zero-order valence-corrected chi connectivity index (χ0v) is 9.40. The van der Waals surface area contributed by atoms with Crippen LogP contribution in [0.4, 0.5) is 0 Å². The molecule has 1 unspecified atom stereocenters. The molecule has 4 nitrogen and oxygen atoms in total. The lowest BCUT2D eigenvalue weighted by Gasteiger charge is -2.10. The summed E-state index contributed by atoms with van der Waals surface area (Å²) in [7, 11) is 0. The molecule has 5 heteroatoms. The van der Waals surface area contributed by atoms with E-state index >= 15 is 0 Å². The second kappa shape index (κ2) is 4.93. The van der Waals surface area contributed by atoms with Crippen molar-refractivity contribution in [3.63, 3.8) is 0 Å². The largest absolute Gasteiger partial charge is 0.481 e. The van der Waals surface area contributed by atoms with E-state index in [9.17, 15) is 9.59 Å². The summed E-state index contributed by atoms with van der Waals surface area (Å²) in [6.45, 7) is 0. The van der Waals surface area contributed by atoms with Gasteiger partial charge in [-0.05, 0) is 17.7 Å². The second-order valence-corrected chi connectivity index (χ2v) is 4.02. The number of rotatable bonds is 4. The van der Waals surface area contributed by atoms with Gasteiger partial charge in [0.05, 0.1) is 12.3 Å². The van der Waals surface area contributed by atoms with Crippen LogP contribution in [0.15, 0.2) is 28.7 Å². The zero-order chi connectivity index (χ0) is 11.4. The first-order valence-corrected chi connectivity index (χ1v) is 5.06. The van der Waals surface area contributed by atoms with E-state index in [1.54, 1.807) is 24.3 Å². The van der Waals surface area contributed by atoms with Gasteiger partial charge in [0, 0.05) is 4.47 Å². The van der Waals surface area contributed by atoms with Gasteiger partial charge < -0.3 is 10.8 Å². The van der Waals surface area contributed by atoms with Crippen molar-refractivity contribution in [2.75, 3.05) is 0 Å². The average molecular weight is 272 g/mol. The highest BCUT2D eigenvalue weighted by molar-refractivity contribution is 9.10. The molecule has 0 saturated carbocycles. The van der Waals surface area contributed by atoms with Gasteiger partial charge in [-0.1, -0.05) is 28.1 Å². The van der Waals surface area contributed by atoms with Crippen LogP contribution in [0.5, 0.6) is 0 Å². The predicted molar refractivity (Wildman–Crippen MR) is 58.3 cm³/mol. The third-order valence-corrected chi connectivity index (χ3v) is 2.52. The van der Waals surface area contributed by atoms with Crippen LogP contribution in [-0.4, -0.2) is 17.0 Å². The summed E-state index contributed by atoms with van der Waals surface area (Å²) in [5.74, 6) is -2.43. The molecule has 1 aromatic rings. The Bertz CT molecular complexity index is 375. The average Bonchev–Trinajstić information content (AvgIpc) is 2.15. The third-order valence-electron chi connectivity index (χ3n) is 1.99. The molecular weight excluding hydrogens is 262 g/mol. The Kier molecular flexibility index (Phi) is 3.85. The van der Waals surface area contributed by atoms with Gasteiger partial charge >= 0.3 is 5.97 Å². The smallest absolute Gasteiger partial charge is 0.304 e. The Morgan fingerprint density at radius 2 is 1.87 bits per heavy atom. The summed E-state index contributed by atoms with van der Waals surface area (Å²) >= 11 is 3.25. The summed E-state index contributed by atoms with van der Waals surface area (Å²) < 4.78 is 0.866. The highest BCUT2D eigenvalue weighted by Crippen LogP contribution is 2.21. The quantitative estimate of drug-likeness (QED) is 0.871. The van der Waals surface area contributed by atoms with Crippen LogP contribution in [0, 0.1) is 0 Å². The molecule has 0 radical (unpaired) electrons. The summed E-state index contributed by atoms with van der Waals surface area (Å²) in [6.07, 6.45) is -0.281. The first-order chi connectivity index (χ1) is 7.00. The number of hydrogen-bond acceptors (Lipinski definition) is 2. The first-order valence-electron chi connectivity index (χ1n) is 4.27. The number of carboxylic acid groups (broad SMARTS) is 1. The minimum Gasteiger partial charge on any atom is -0.481 e. The molecule has 0 fully saturated rings. The molecular formula is C10H10BrNO3. The van der Waals surface area contributed by atoms with Gasteiger partial charge in [-0.2, -0.15) is 0 Å². The molecule has 3 N–H and O–H groups in total. The SMILES string of the molecule is NC(=O)C(CC(=O)O)c1ccc(Br)cc1. The van der Waals surface area contributed by atoms with E-state index in [0.29, 0.717) is 5.56 Å². The fourth-order valence-electron chi connectivity index (χ4n) is 1.25. The molecule has 1 atom stereocenters. The molecule has 0 saturated heterocycles. The molecule has 0 aliphatic heterocycles. The normalized spacial score (nSPS) is 12.1. The molecule has 15 heavy (non-hydrogen) atoms. The summed E-state index contributed by atoms with van der Waals surface area (Å²) in [5, 5.41) is 8.63. The maximum atomic E-state index is 11.1. The monoisotopic (exact) mass is 271 g/mol. The van der Waals surface area contributed by atoms with Gasteiger partial charge in [0.25, 0.3) is 0 Å². The van der Waals surface area contributed by atoms with Crippen molar-refractivity contribution in [1.29, 1.82) is 0 Å². The number of carbonyl (C=O) groups is 2. The fraction of sp³-hybridized carbons (Fsp3) is 0.200. The number of primary amides is 1. The Balaban J connectivity index is 2.94. The molecule has 1 rings (SSSR count). The number of aliphatic carboxylic acids is 1. The van der Waals surface area contributed by atoms with Gasteiger partial charge in [-0.25, -0.2) is 0 Å². The number of nitrogens with two attached hydrogens (primary N) is 1. The molecule has 0 spiro atoms. The van der Waals surface area contributed by atoms with Crippen LogP contribution in [-0.2, 0) is 9.59 Å². The van der Waals surface area contributed by atoms with Gasteiger partial charge in [0.15, 0.2) is 0 Å². The van der Waals surface area contributed by atoms with E-state index in [-0.39, 0.29) is 6.42 Å². The minimum absolute atomic E-state index is 0.281. The van der Waals surface area contributed by atoms with E-state index in [0.717, 1.165) is 4.47 Å². The Morgan fingerprint density at radius 1 is 1.33 bits per heavy atom. The first kappa shape index (κ1) is 11.7. The maximum Gasteiger partial charge on any atom is 0.304 e. The number of carboxylic acids is 1. The molecule has 80 valence electrons. The van der Waals surface area contributed by atoms with Gasteiger partial charge in [0.2, 0.25) is 5.91 Å². The highest BCUT2D eigenvalue weighted by Gasteiger charge is 2.20. The lowest BCUT2D eigenvalue weighted by atomic mass is 9.95. The van der Waals surface area contributed by atoms with Crippen molar-refractivity contribution >= 4 is 27.8 Å². The molecule has 1 aromatic carbocycles. The third kappa shape index (κ3) is 3.36. The number of benzene rings is 1. The summed E-state index contributed by atoms with van der Waals surface area (Å²) in [4.78, 5) is 21.6. The fourth-order valence-corrected chi connectivity index (χ4v) is 1.52. The highest BCUT2D eigenvalue weighted by atomic mass is 79.9. The van der Waals surface area contributed by atoms with Crippen molar-refractivity contribution in [2.45, 2.75) is 12.3 Å². The maximum absolute atomic E-state index is 11.1. The van der Waals surface area contributed by atoms with E-state index in [4.69, 9.17) is 10.8 Å². The minimum atomic E-state index is -1.04. The van der Waals surface area contributed by atoms with Gasteiger partial charge in [-0.3, -0.25) is 9.59 Å². The second-order valence-electron chi connectivity index (χ2n) is 3.10. The van der Waals surface area contributed by atoms with Crippen molar-refractivity contribution in [2.24, 2.45) is 5.73 Å². The molecule has 0 aromatic heterocycles. The number of halogens is 1. The van der Waals surface area contributed by atoms with Crippen molar-refractivity contribution in [3.8, 4) is 0 Å². The number of hydrogen-bond donors (Lipinski definition) is 2. The van der Waals surface area contributed by atoms with E-state index in [1.807, 2.05) is 0 Å². The van der Waals surface area contributed by atoms with Crippen LogP contribution >= 0.6 is 15.9 Å². The topological polar surface area (TPSA) is 80.4 Å². The van der Waals surface area contributed by atoms with E-state index in [2.05, 4.69) is 15.9 Å². The van der Waals surface area contributed by atoms with Gasteiger partial charge in [0.1, 0.15) is 0 Å². The standard InChI is InChI=1S/C10H10BrNO3/c11-7-3-1-6(2-4-7)8(10(12)15)5-9(13)14/h1-4,8H,5H2,(H2,12,15)(H,13,14). The molecule has 0 aliphatic carbocycles. The Labute approximate surface area is 95.2 Å². The Morgan fingerprint density at radius 3 is 2.27 bits per heavy atom. The van der Waals surface area contributed by atoms with Crippen LogP contribution in [0.25, 0.3) is 0 Å². The van der Waals surface area contributed by atoms with Gasteiger partial charge in [-0.15, -0.1) is 0 Å². The number of carbonyl (C=O) groups excluding carboxylic acids is 1. The lowest BCUT2D eigenvalue weighted by Crippen LogP contribution is -2.23. The van der Waals surface area contributed by atoms with Crippen LogP contribution < -0.4 is 5.73 Å². The van der Waals surface area contributed by atoms with Crippen molar-refractivity contribution in [1.82, 2.24) is 0 Å².